The van der Waals surface area contributed by atoms with Crippen molar-refractivity contribution in [2.45, 2.75) is 11.8 Å². The summed E-state index contributed by atoms with van der Waals surface area (Å²) in [6.07, 6.45) is 0. The van der Waals surface area contributed by atoms with E-state index in [4.69, 9.17) is 4.18 Å². The molecule has 0 aliphatic carbocycles. The molecule has 2 aromatic rings. The molecule has 1 heterocycles. The van der Waals surface area contributed by atoms with Crippen LogP contribution < -0.4 is 14.4 Å². The Morgan fingerprint density at radius 1 is 1.04 bits per heavy atom. The van der Waals surface area contributed by atoms with Gasteiger partial charge in [-0.05, 0) is 43.3 Å². The van der Waals surface area contributed by atoms with Gasteiger partial charge in [0.15, 0.2) is 0 Å². The lowest BCUT2D eigenvalue weighted by Gasteiger charge is -2.14. The number of amides is 2. The van der Waals surface area contributed by atoms with Crippen molar-refractivity contribution in [1.82, 2.24) is 5.32 Å². The van der Waals surface area contributed by atoms with E-state index >= 15 is 0 Å². The number of nitrogens with one attached hydrogen (secondary N) is 1. The summed E-state index contributed by atoms with van der Waals surface area (Å²) in [5.74, 6) is 0.263. The minimum atomic E-state index is -3.90. The van der Waals surface area contributed by atoms with Crippen LogP contribution in [0.25, 0.3) is 0 Å². The fourth-order valence-electron chi connectivity index (χ4n) is 2.28. The highest BCUT2D eigenvalue weighted by atomic mass is 32.2. The molecule has 0 radical (unpaired) electrons. The van der Waals surface area contributed by atoms with Gasteiger partial charge >= 0.3 is 16.1 Å². The SMILES string of the molecule is Cc1ccc(OS(=O)(=O)c2ccc(N3CCNC3=O)cc2)cc1. The molecule has 3 rings (SSSR count). The van der Waals surface area contributed by atoms with Gasteiger partial charge in [0, 0.05) is 18.8 Å². The largest absolute Gasteiger partial charge is 0.379 e. The average molecular weight is 332 g/mol. The standard InChI is InChI=1S/C16H16N2O4S/c1-12-2-6-14(7-3-12)22-23(20,21)15-8-4-13(5-9-15)18-11-10-17-16(18)19/h2-9H,10-11H2,1H3,(H,17,19). The third-order valence-electron chi connectivity index (χ3n) is 3.52. The Balaban J connectivity index is 1.80. The lowest BCUT2D eigenvalue weighted by molar-refractivity contribution is 0.252. The second-order valence-corrected chi connectivity index (χ2v) is 6.77. The van der Waals surface area contributed by atoms with E-state index in [2.05, 4.69) is 5.32 Å². The van der Waals surface area contributed by atoms with Crippen LogP contribution >= 0.6 is 0 Å². The summed E-state index contributed by atoms with van der Waals surface area (Å²) in [4.78, 5) is 13.2. The maximum Gasteiger partial charge on any atom is 0.339 e. The number of urea groups is 1. The second kappa shape index (κ2) is 5.92. The normalized spacial score (nSPS) is 14.7. The molecule has 6 nitrogen and oxygen atoms in total. The number of nitrogens with zero attached hydrogens (tertiary/aromatic N) is 1. The maximum atomic E-state index is 12.3. The van der Waals surface area contributed by atoms with Crippen LogP contribution in [-0.4, -0.2) is 27.5 Å². The van der Waals surface area contributed by atoms with Crippen molar-refractivity contribution in [1.29, 1.82) is 0 Å². The number of hydrogen-bond acceptors (Lipinski definition) is 4. The van der Waals surface area contributed by atoms with Crippen LogP contribution in [0.3, 0.4) is 0 Å². The van der Waals surface area contributed by atoms with Gasteiger partial charge < -0.3 is 9.50 Å². The third kappa shape index (κ3) is 3.29. The van der Waals surface area contributed by atoms with Crippen LogP contribution in [0.4, 0.5) is 10.5 Å². The maximum absolute atomic E-state index is 12.3. The Morgan fingerprint density at radius 2 is 1.70 bits per heavy atom. The molecule has 120 valence electrons. The zero-order valence-electron chi connectivity index (χ0n) is 12.5. The number of aryl methyl sites for hydroxylation is 1. The Morgan fingerprint density at radius 3 is 2.26 bits per heavy atom. The van der Waals surface area contributed by atoms with Crippen LogP contribution in [0.15, 0.2) is 53.4 Å². The summed E-state index contributed by atoms with van der Waals surface area (Å²) < 4.78 is 29.6. The van der Waals surface area contributed by atoms with Crippen LogP contribution in [0.1, 0.15) is 5.56 Å². The predicted molar refractivity (Wildman–Crippen MR) is 86.2 cm³/mol. The van der Waals surface area contributed by atoms with Crippen molar-refractivity contribution in [2.24, 2.45) is 0 Å². The molecule has 0 atom stereocenters. The number of carbonyl (C=O) groups excluding carboxylic acids is 1. The topological polar surface area (TPSA) is 75.7 Å². The van der Waals surface area contributed by atoms with Gasteiger partial charge in [-0.15, -0.1) is 0 Å². The van der Waals surface area contributed by atoms with E-state index in [1.54, 1.807) is 41.3 Å². The van der Waals surface area contributed by atoms with Gasteiger partial charge in [-0.2, -0.15) is 8.42 Å². The molecule has 0 spiro atoms. The Bertz CT molecular complexity index is 814. The van der Waals surface area contributed by atoms with Gasteiger partial charge in [0.25, 0.3) is 0 Å². The van der Waals surface area contributed by atoms with Gasteiger partial charge in [0.2, 0.25) is 0 Å². The van der Waals surface area contributed by atoms with E-state index in [0.29, 0.717) is 18.8 Å². The summed E-state index contributed by atoms with van der Waals surface area (Å²) in [6.45, 7) is 3.05. The lowest BCUT2D eigenvalue weighted by Crippen LogP contribution is -2.27. The van der Waals surface area contributed by atoms with E-state index in [9.17, 15) is 13.2 Å². The first-order valence-electron chi connectivity index (χ1n) is 7.12. The summed E-state index contributed by atoms with van der Waals surface area (Å²) >= 11 is 0. The number of carbonyl (C=O) groups is 1. The number of hydrogen-bond donors (Lipinski definition) is 1. The third-order valence-corrected chi connectivity index (χ3v) is 4.78. The highest BCUT2D eigenvalue weighted by molar-refractivity contribution is 7.87. The van der Waals surface area contributed by atoms with Crippen molar-refractivity contribution in [3.05, 3.63) is 54.1 Å². The molecular weight excluding hydrogens is 316 g/mol. The van der Waals surface area contributed by atoms with E-state index in [1.165, 1.54) is 12.1 Å². The predicted octanol–water partition coefficient (Wildman–Crippen LogP) is 2.29. The van der Waals surface area contributed by atoms with Crippen LogP contribution in [0, 0.1) is 6.92 Å². The fraction of sp³-hybridized carbons (Fsp3) is 0.188. The van der Waals surface area contributed by atoms with Crippen molar-refractivity contribution >= 4 is 21.8 Å². The molecule has 0 saturated carbocycles. The average Bonchev–Trinajstić information content (AvgIpc) is 2.96. The number of benzene rings is 2. The first-order chi connectivity index (χ1) is 11.0. The molecule has 1 saturated heterocycles. The van der Waals surface area contributed by atoms with Crippen LogP contribution in [-0.2, 0) is 10.1 Å². The van der Waals surface area contributed by atoms with Gasteiger partial charge in [-0.25, -0.2) is 4.79 Å². The van der Waals surface area contributed by atoms with Crippen molar-refractivity contribution in [3.8, 4) is 5.75 Å². The molecule has 0 bridgehead atoms. The van der Waals surface area contributed by atoms with Gasteiger partial charge in [-0.3, -0.25) is 4.90 Å². The van der Waals surface area contributed by atoms with Gasteiger partial charge in [-0.1, -0.05) is 17.7 Å². The van der Waals surface area contributed by atoms with E-state index in [1.807, 2.05) is 6.92 Å². The van der Waals surface area contributed by atoms with Gasteiger partial charge in [0.1, 0.15) is 10.6 Å². The molecule has 0 aromatic heterocycles. The number of anilines is 1. The van der Waals surface area contributed by atoms with Gasteiger partial charge in [0.05, 0.1) is 0 Å². The van der Waals surface area contributed by atoms with Crippen molar-refractivity contribution in [2.75, 3.05) is 18.0 Å². The summed E-state index contributed by atoms with van der Waals surface area (Å²) in [5.41, 5.74) is 1.66. The summed E-state index contributed by atoms with van der Waals surface area (Å²) in [7, 11) is -3.90. The van der Waals surface area contributed by atoms with Crippen LogP contribution in [0.5, 0.6) is 5.75 Å². The quantitative estimate of drug-likeness (QED) is 0.872. The summed E-state index contributed by atoms with van der Waals surface area (Å²) in [6, 6.07) is 12.6. The molecule has 1 aliphatic heterocycles. The Hall–Kier alpha value is -2.54. The smallest absolute Gasteiger partial charge is 0.339 e. The summed E-state index contributed by atoms with van der Waals surface area (Å²) in [5, 5.41) is 2.69. The fourth-order valence-corrected chi connectivity index (χ4v) is 3.21. The molecule has 0 unspecified atom stereocenters. The number of rotatable bonds is 4. The van der Waals surface area contributed by atoms with Crippen molar-refractivity contribution in [3.63, 3.8) is 0 Å². The molecule has 1 N–H and O–H groups in total. The van der Waals surface area contributed by atoms with E-state index < -0.39 is 10.1 Å². The second-order valence-electron chi connectivity index (χ2n) is 5.23. The molecule has 2 aromatic carbocycles. The zero-order valence-corrected chi connectivity index (χ0v) is 13.3. The molecular formula is C16H16N2O4S. The molecule has 1 aliphatic rings. The molecule has 7 heteroatoms. The highest BCUT2D eigenvalue weighted by Gasteiger charge is 2.22. The van der Waals surface area contributed by atoms with Crippen molar-refractivity contribution < 1.29 is 17.4 Å². The minimum Gasteiger partial charge on any atom is -0.379 e. The highest BCUT2D eigenvalue weighted by Crippen LogP contribution is 2.22. The first-order valence-corrected chi connectivity index (χ1v) is 8.53. The Labute approximate surface area is 134 Å². The molecule has 1 fully saturated rings. The monoisotopic (exact) mass is 332 g/mol. The lowest BCUT2D eigenvalue weighted by atomic mass is 10.2. The van der Waals surface area contributed by atoms with Crippen LogP contribution in [0.2, 0.25) is 0 Å². The molecule has 23 heavy (non-hydrogen) atoms. The first kappa shape index (κ1) is 15.4. The zero-order chi connectivity index (χ0) is 16.4. The van der Waals surface area contributed by atoms with E-state index in [0.717, 1.165) is 5.56 Å². The minimum absolute atomic E-state index is 0.0430. The Kier molecular flexibility index (Phi) is 3.96. The van der Waals surface area contributed by atoms with E-state index in [-0.39, 0.29) is 16.7 Å². The molecule has 2 amide bonds.